The van der Waals surface area contributed by atoms with Crippen molar-refractivity contribution in [1.82, 2.24) is 24.5 Å². The highest BCUT2D eigenvalue weighted by molar-refractivity contribution is 5.70. The Morgan fingerprint density at radius 3 is 2.33 bits per heavy atom. The van der Waals surface area contributed by atoms with Crippen molar-refractivity contribution in [2.24, 2.45) is 0 Å². The van der Waals surface area contributed by atoms with Crippen LogP contribution in [-0.2, 0) is 6.54 Å². The Hall–Kier alpha value is -1.95. The minimum atomic E-state index is 0.845. The molecule has 4 heterocycles. The molecule has 0 N–H and O–H groups in total. The van der Waals surface area contributed by atoms with E-state index in [0.717, 1.165) is 32.1 Å². The van der Waals surface area contributed by atoms with Crippen molar-refractivity contribution in [1.29, 1.82) is 0 Å². The summed E-state index contributed by atoms with van der Waals surface area (Å²) in [5.74, 6) is 0. The van der Waals surface area contributed by atoms with Crippen LogP contribution in [0.2, 0.25) is 0 Å². The van der Waals surface area contributed by atoms with E-state index in [1.807, 2.05) is 6.20 Å². The number of aromatic nitrogens is 2. The molecule has 1 aromatic heterocycles. The molecule has 0 aliphatic carbocycles. The zero-order valence-electron chi connectivity index (χ0n) is 20.5. The van der Waals surface area contributed by atoms with Gasteiger partial charge in [0.05, 0.1) is 6.20 Å². The molecular weight excluding hydrogens is 406 g/mol. The maximum atomic E-state index is 4.64. The number of aryl methyl sites for hydroxylation is 1. The van der Waals surface area contributed by atoms with E-state index >= 15 is 0 Å². The van der Waals surface area contributed by atoms with Crippen LogP contribution in [0, 0.1) is 0 Å². The van der Waals surface area contributed by atoms with Crippen molar-refractivity contribution in [2.75, 3.05) is 52.9 Å². The van der Waals surface area contributed by atoms with E-state index < -0.39 is 0 Å². The number of hydrogen-bond donors (Lipinski definition) is 0. The Balaban J connectivity index is 1.06. The van der Waals surface area contributed by atoms with Gasteiger partial charge < -0.3 is 14.7 Å². The van der Waals surface area contributed by atoms with Gasteiger partial charge in [-0.25, -0.2) is 0 Å². The highest BCUT2D eigenvalue weighted by Crippen LogP contribution is 2.26. The summed E-state index contributed by atoms with van der Waals surface area (Å²) in [6.07, 6.45) is 15.9. The molecule has 0 unspecified atom stereocenters. The fraction of sp³-hybridized carbons (Fsp3) is 0.607. The third kappa shape index (κ3) is 5.95. The number of nitrogens with zero attached hydrogens (tertiary/aromatic N) is 5. The fourth-order valence-corrected chi connectivity index (χ4v) is 5.79. The van der Waals surface area contributed by atoms with Crippen molar-refractivity contribution in [2.45, 2.75) is 57.5 Å². The molecule has 2 saturated heterocycles. The van der Waals surface area contributed by atoms with E-state index in [4.69, 9.17) is 0 Å². The molecule has 0 atom stereocenters. The lowest BCUT2D eigenvalue weighted by molar-refractivity contribution is 0.0915. The first-order chi connectivity index (χ1) is 16.2. The third-order valence-corrected chi connectivity index (χ3v) is 7.96. The monoisotopic (exact) mass is 447 g/mol. The molecule has 0 amide bonds. The Morgan fingerprint density at radius 2 is 1.61 bits per heavy atom. The van der Waals surface area contributed by atoms with Gasteiger partial charge in [-0.3, -0.25) is 4.68 Å². The number of benzene rings is 1. The van der Waals surface area contributed by atoms with Gasteiger partial charge in [0, 0.05) is 37.4 Å². The zero-order chi connectivity index (χ0) is 22.5. The van der Waals surface area contributed by atoms with Gasteiger partial charge in [0.15, 0.2) is 0 Å². The van der Waals surface area contributed by atoms with Gasteiger partial charge in [0.1, 0.15) is 0 Å². The summed E-state index contributed by atoms with van der Waals surface area (Å²) in [6, 6.07) is 9.90. The van der Waals surface area contributed by atoms with Crippen molar-refractivity contribution in [3.63, 3.8) is 0 Å². The summed E-state index contributed by atoms with van der Waals surface area (Å²) in [4.78, 5) is 7.80. The highest BCUT2D eigenvalue weighted by atomic mass is 15.3. The molecule has 0 radical (unpaired) electrons. The normalized spacial score (nSPS) is 21.9. The van der Waals surface area contributed by atoms with Gasteiger partial charge in [-0.2, -0.15) is 5.10 Å². The van der Waals surface area contributed by atoms with Gasteiger partial charge in [-0.1, -0.05) is 36.8 Å². The lowest BCUT2D eigenvalue weighted by Crippen LogP contribution is -2.46. The van der Waals surface area contributed by atoms with Crippen molar-refractivity contribution in [3.8, 4) is 11.1 Å². The number of likely N-dealkylation sites (N-methyl/N-ethyl adjacent to an activating group) is 1. The summed E-state index contributed by atoms with van der Waals surface area (Å²) in [7, 11) is 2.19. The van der Waals surface area contributed by atoms with E-state index in [1.165, 1.54) is 93.5 Å². The smallest absolute Gasteiger partial charge is 0.0568 e. The Morgan fingerprint density at radius 1 is 0.848 bits per heavy atom. The molecule has 0 bridgehead atoms. The molecule has 5 nitrogen and oxygen atoms in total. The molecule has 2 fully saturated rings. The fourth-order valence-electron chi connectivity index (χ4n) is 5.79. The first-order valence-corrected chi connectivity index (χ1v) is 13.2. The zero-order valence-corrected chi connectivity index (χ0v) is 20.5. The standard InChI is InChI=1S/C28H41N5/c1-30-18-10-26(11-19-30)24-6-8-25(9-7-24)27-22-29-33(23-27)17-5-14-31-20-12-28(13-21-31)32-15-3-2-4-16-32/h6-10,22-23,28H,2-5,11-21H2,1H3. The minimum absolute atomic E-state index is 0.845. The Bertz CT molecular complexity index is 901. The second kappa shape index (κ2) is 11.0. The molecule has 3 aliphatic rings. The minimum Gasteiger partial charge on any atom is -0.303 e. The van der Waals surface area contributed by atoms with E-state index in [-0.39, 0.29) is 0 Å². The van der Waals surface area contributed by atoms with Crippen molar-refractivity contribution < 1.29 is 0 Å². The summed E-state index contributed by atoms with van der Waals surface area (Å²) < 4.78 is 2.13. The maximum absolute atomic E-state index is 4.64. The van der Waals surface area contributed by atoms with E-state index in [9.17, 15) is 0 Å². The van der Waals surface area contributed by atoms with Crippen LogP contribution in [0.25, 0.3) is 16.7 Å². The average molecular weight is 448 g/mol. The predicted octanol–water partition coefficient (Wildman–Crippen LogP) is 4.61. The van der Waals surface area contributed by atoms with Gasteiger partial charge in [0.2, 0.25) is 0 Å². The maximum Gasteiger partial charge on any atom is 0.0568 e. The number of piperidine rings is 2. The number of rotatable bonds is 7. The first-order valence-electron chi connectivity index (χ1n) is 13.2. The largest absolute Gasteiger partial charge is 0.303 e. The summed E-state index contributed by atoms with van der Waals surface area (Å²) in [5.41, 5.74) is 5.33. The van der Waals surface area contributed by atoms with Crippen LogP contribution >= 0.6 is 0 Å². The lowest BCUT2D eigenvalue weighted by Gasteiger charge is -2.40. The second-order valence-electron chi connectivity index (χ2n) is 10.3. The van der Waals surface area contributed by atoms with Crippen LogP contribution in [0.3, 0.4) is 0 Å². The molecule has 3 aliphatic heterocycles. The molecule has 5 heteroatoms. The second-order valence-corrected chi connectivity index (χ2v) is 10.3. The first kappa shape index (κ1) is 22.8. The topological polar surface area (TPSA) is 27.5 Å². The van der Waals surface area contributed by atoms with Crippen LogP contribution in [0.1, 0.15) is 50.5 Å². The molecule has 0 saturated carbocycles. The van der Waals surface area contributed by atoms with Crippen molar-refractivity contribution in [3.05, 3.63) is 48.3 Å². The molecular formula is C28H41N5. The molecule has 33 heavy (non-hydrogen) atoms. The summed E-state index contributed by atoms with van der Waals surface area (Å²) in [5, 5.41) is 4.64. The Kier molecular flexibility index (Phi) is 7.60. The van der Waals surface area contributed by atoms with Crippen LogP contribution in [0.4, 0.5) is 0 Å². The molecule has 178 valence electrons. The van der Waals surface area contributed by atoms with E-state index in [0.29, 0.717) is 0 Å². The molecule has 0 spiro atoms. The SMILES string of the molecule is CN1CC=C(c2ccc(-c3cnn(CCCN4CCC(N5CCCCC5)CC4)c3)cc2)CC1. The predicted molar refractivity (Wildman–Crippen MR) is 137 cm³/mol. The van der Waals surface area contributed by atoms with Crippen LogP contribution in [-0.4, -0.2) is 83.4 Å². The van der Waals surface area contributed by atoms with Crippen LogP contribution < -0.4 is 0 Å². The van der Waals surface area contributed by atoms with Gasteiger partial charge in [-0.05, 0) is 95.0 Å². The van der Waals surface area contributed by atoms with Crippen molar-refractivity contribution >= 4 is 5.57 Å². The van der Waals surface area contributed by atoms with E-state index in [1.54, 1.807) is 0 Å². The van der Waals surface area contributed by atoms with Crippen LogP contribution in [0.15, 0.2) is 42.7 Å². The number of likely N-dealkylation sites (tertiary alicyclic amines) is 2. The quantitative estimate of drug-likeness (QED) is 0.620. The van der Waals surface area contributed by atoms with Crippen LogP contribution in [0.5, 0.6) is 0 Å². The lowest BCUT2D eigenvalue weighted by atomic mass is 9.97. The third-order valence-electron chi connectivity index (χ3n) is 7.96. The average Bonchev–Trinajstić information content (AvgIpc) is 3.35. The van der Waals surface area contributed by atoms with Gasteiger partial charge >= 0.3 is 0 Å². The highest BCUT2D eigenvalue weighted by Gasteiger charge is 2.25. The summed E-state index contributed by atoms with van der Waals surface area (Å²) in [6.45, 7) is 9.62. The Labute approximate surface area is 200 Å². The molecule has 2 aromatic rings. The van der Waals surface area contributed by atoms with E-state index in [2.05, 4.69) is 68.1 Å². The molecule has 1 aromatic carbocycles. The summed E-state index contributed by atoms with van der Waals surface area (Å²) >= 11 is 0. The van der Waals surface area contributed by atoms with Gasteiger partial charge in [-0.15, -0.1) is 0 Å². The van der Waals surface area contributed by atoms with Gasteiger partial charge in [0.25, 0.3) is 0 Å². The number of hydrogen-bond acceptors (Lipinski definition) is 4. The molecule has 5 rings (SSSR count).